The molecule has 10 nitrogen and oxygen atoms in total. The Bertz CT molecular complexity index is 1050. The molecule has 2 amide bonds. The number of amides is 2. The third kappa shape index (κ3) is 7.67. The Kier molecular flexibility index (Phi) is 11.5. The van der Waals surface area contributed by atoms with Crippen molar-refractivity contribution in [2.45, 2.75) is 82.3 Å². The molecule has 1 aliphatic heterocycles. The third-order valence-corrected chi connectivity index (χ3v) is 8.82. The second-order valence-electron chi connectivity index (χ2n) is 10.8. The molecule has 0 aromatic heterocycles. The highest BCUT2D eigenvalue weighted by Gasteiger charge is 2.42. The zero-order valence-corrected chi connectivity index (χ0v) is 25.2. The Morgan fingerprint density at radius 2 is 1.95 bits per heavy atom. The van der Waals surface area contributed by atoms with Crippen molar-refractivity contribution >= 4 is 34.4 Å². The normalized spacial score (nSPS) is 25.0. The summed E-state index contributed by atoms with van der Waals surface area (Å²) in [6, 6.07) is 2.72. The molecule has 3 aliphatic rings. The Hall–Kier alpha value is -1.93. The minimum absolute atomic E-state index is 0.0401. The first-order valence-electron chi connectivity index (χ1n) is 14.2. The van der Waals surface area contributed by atoms with Crippen LogP contribution in [0.2, 0.25) is 0 Å². The van der Waals surface area contributed by atoms with Gasteiger partial charge in [0.25, 0.3) is 0 Å². The minimum atomic E-state index is -1.12. The van der Waals surface area contributed by atoms with Crippen molar-refractivity contribution in [2.24, 2.45) is 5.92 Å². The SMILES string of the molecule is COc1cc(CO)cc(I)c1OC1C=C(C(=O)NCCO)CC(N(CC2CCCO2)C(=O)CC2CCCC2)C1O. The lowest BCUT2D eigenvalue weighted by Gasteiger charge is -2.41. The van der Waals surface area contributed by atoms with E-state index in [4.69, 9.17) is 14.2 Å². The smallest absolute Gasteiger partial charge is 0.247 e. The van der Waals surface area contributed by atoms with Gasteiger partial charge < -0.3 is 39.7 Å². The number of nitrogens with one attached hydrogen (secondary N) is 1. The first-order valence-corrected chi connectivity index (χ1v) is 15.2. The van der Waals surface area contributed by atoms with Gasteiger partial charge in [0.2, 0.25) is 11.8 Å². The van der Waals surface area contributed by atoms with E-state index in [1.54, 1.807) is 23.1 Å². The lowest BCUT2D eigenvalue weighted by molar-refractivity contribution is -0.141. The van der Waals surface area contributed by atoms with Gasteiger partial charge in [0.1, 0.15) is 12.2 Å². The molecule has 0 bridgehead atoms. The number of halogens is 1. The molecule has 2 fully saturated rings. The zero-order valence-electron chi connectivity index (χ0n) is 23.0. The monoisotopic (exact) mass is 672 g/mol. The van der Waals surface area contributed by atoms with Gasteiger partial charge in [-0.15, -0.1) is 0 Å². The number of aliphatic hydroxyl groups is 3. The van der Waals surface area contributed by atoms with Crippen LogP contribution in [0.3, 0.4) is 0 Å². The van der Waals surface area contributed by atoms with Gasteiger partial charge >= 0.3 is 0 Å². The summed E-state index contributed by atoms with van der Waals surface area (Å²) in [5.41, 5.74) is 1.02. The summed E-state index contributed by atoms with van der Waals surface area (Å²) >= 11 is 2.08. The highest BCUT2D eigenvalue weighted by atomic mass is 127. The number of hydrogen-bond donors (Lipinski definition) is 4. The number of nitrogens with zero attached hydrogens (tertiary/aromatic N) is 1. The van der Waals surface area contributed by atoms with E-state index < -0.39 is 18.2 Å². The van der Waals surface area contributed by atoms with Crippen LogP contribution in [0.5, 0.6) is 11.5 Å². The van der Waals surface area contributed by atoms with Crippen LogP contribution in [0.25, 0.3) is 0 Å². The fourth-order valence-electron chi connectivity index (χ4n) is 5.90. The second-order valence-corrected chi connectivity index (χ2v) is 12.0. The van der Waals surface area contributed by atoms with E-state index in [1.807, 2.05) is 0 Å². The van der Waals surface area contributed by atoms with E-state index >= 15 is 0 Å². The van der Waals surface area contributed by atoms with Crippen molar-refractivity contribution in [3.8, 4) is 11.5 Å². The standard InChI is InChI=1S/C29H41IN2O8/c1-38-25-12-19(17-34)11-22(30)28(25)40-24-15-20(29(37)31-8-9-33)14-23(27(24)36)32(16-21-7-4-10-39-21)26(35)13-18-5-2-3-6-18/h11-12,15,18,21,23-24,27,33-34,36H,2-10,13-14,16-17H2,1H3,(H,31,37). The van der Waals surface area contributed by atoms with Crippen molar-refractivity contribution < 1.29 is 39.1 Å². The van der Waals surface area contributed by atoms with Crippen molar-refractivity contribution in [1.82, 2.24) is 10.2 Å². The van der Waals surface area contributed by atoms with Gasteiger partial charge in [0, 0.05) is 38.1 Å². The lowest BCUT2D eigenvalue weighted by Crippen LogP contribution is -2.56. The summed E-state index contributed by atoms with van der Waals surface area (Å²) < 4.78 is 18.4. The van der Waals surface area contributed by atoms with Crippen LogP contribution in [0.4, 0.5) is 0 Å². The fourth-order valence-corrected chi connectivity index (χ4v) is 6.70. The van der Waals surface area contributed by atoms with Gasteiger partial charge in [-0.1, -0.05) is 12.8 Å². The van der Waals surface area contributed by atoms with Crippen LogP contribution in [-0.4, -0.2) is 89.8 Å². The molecule has 2 aliphatic carbocycles. The maximum atomic E-state index is 13.8. The van der Waals surface area contributed by atoms with Gasteiger partial charge in [-0.05, 0) is 78.0 Å². The molecule has 1 aromatic carbocycles. The summed E-state index contributed by atoms with van der Waals surface area (Å²) in [6.45, 7) is 0.700. The molecule has 1 saturated carbocycles. The molecule has 40 heavy (non-hydrogen) atoms. The maximum absolute atomic E-state index is 13.8. The minimum Gasteiger partial charge on any atom is -0.493 e. The van der Waals surface area contributed by atoms with Crippen molar-refractivity contribution in [2.75, 3.05) is 33.4 Å². The first kappa shape index (κ1) is 31.0. The van der Waals surface area contributed by atoms with Gasteiger partial charge in [0.05, 0.1) is 36.0 Å². The molecule has 4 atom stereocenters. The molecular weight excluding hydrogens is 631 g/mol. The highest BCUT2D eigenvalue weighted by Crippen LogP contribution is 2.38. The van der Waals surface area contributed by atoms with E-state index in [9.17, 15) is 24.9 Å². The van der Waals surface area contributed by atoms with E-state index in [0.29, 0.717) is 51.7 Å². The third-order valence-electron chi connectivity index (χ3n) is 8.02. The fraction of sp³-hybridized carbons (Fsp3) is 0.655. The molecule has 1 heterocycles. The van der Waals surface area contributed by atoms with Gasteiger partial charge in [-0.25, -0.2) is 0 Å². The van der Waals surface area contributed by atoms with Crippen LogP contribution < -0.4 is 14.8 Å². The number of hydrogen-bond acceptors (Lipinski definition) is 8. The summed E-state index contributed by atoms with van der Waals surface area (Å²) in [5.74, 6) is 0.669. The zero-order chi connectivity index (χ0) is 28.6. The number of ether oxygens (including phenoxy) is 3. The van der Waals surface area contributed by atoms with Gasteiger partial charge in [0.15, 0.2) is 11.5 Å². The Labute approximate surface area is 249 Å². The van der Waals surface area contributed by atoms with E-state index in [2.05, 4.69) is 27.9 Å². The molecule has 0 spiro atoms. The Balaban J connectivity index is 1.66. The number of benzene rings is 1. The summed E-state index contributed by atoms with van der Waals surface area (Å²) in [6.07, 6.45) is 6.00. The molecule has 11 heteroatoms. The molecule has 1 aromatic rings. The molecule has 4 rings (SSSR count). The van der Waals surface area contributed by atoms with Crippen molar-refractivity contribution in [1.29, 1.82) is 0 Å². The molecule has 222 valence electrons. The highest BCUT2D eigenvalue weighted by molar-refractivity contribution is 14.1. The van der Waals surface area contributed by atoms with Gasteiger partial charge in [-0.3, -0.25) is 9.59 Å². The van der Waals surface area contributed by atoms with Crippen LogP contribution in [0, 0.1) is 9.49 Å². The second kappa shape index (κ2) is 14.8. The number of methoxy groups -OCH3 is 1. The maximum Gasteiger partial charge on any atom is 0.247 e. The van der Waals surface area contributed by atoms with Crippen molar-refractivity contribution in [3.05, 3.63) is 32.9 Å². The summed E-state index contributed by atoms with van der Waals surface area (Å²) in [5, 5.41) is 33.3. The van der Waals surface area contributed by atoms with Crippen molar-refractivity contribution in [3.63, 3.8) is 0 Å². The summed E-state index contributed by atoms with van der Waals surface area (Å²) in [7, 11) is 1.49. The average molecular weight is 673 g/mol. The quantitative estimate of drug-likeness (QED) is 0.249. The van der Waals surface area contributed by atoms with Crippen LogP contribution in [0.15, 0.2) is 23.8 Å². The predicted molar refractivity (Wildman–Crippen MR) is 156 cm³/mol. The number of carbonyl (C=O) groups excluding carboxylic acids is 2. The number of rotatable bonds is 12. The molecular formula is C29H41IN2O8. The number of aliphatic hydroxyl groups excluding tert-OH is 3. The first-order chi connectivity index (χ1) is 19.3. The molecule has 0 radical (unpaired) electrons. The van der Waals surface area contributed by atoms with E-state index in [0.717, 1.165) is 38.5 Å². The van der Waals surface area contributed by atoms with Gasteiger partial charge in [-0.2, -0.15) is 0 Å². The lowest BCUT2D eigenvalue weighted by atomic mass is 9.87. The summed E-state index contributed by atoms with van der Waals surface area (Å²) in [4.78, 5) is 28.6. The topological polar surface area (TPSA) is 138 Å². The average Bonchev–Trinajstić information content (AvgIpc) is 3.67. The van der Waals surface area contributed by atoms with Crippen LogP contribution in [0.1, 0.15) is 56.9 Å². The Morgan fingerprint density at radius 3 is 2.60 bits per heavy atom. The van der Waals surface area contributed by atoms with Crippen LogP contribution >= 0.6 is 22.6 Å². The van der Waals surface area contributed by atoms with E-state index in [1.165, 1.54) is 7.11 Å². The molecule has 1 saturated heterocycles. The Morgan fingerprint density at radius 1 is 1.18 bits per heavy atom. The van der Waals surface area contributed by atoms with E-state index in [-0.39, 0.29) is 44.1 Å². The molecule has 4 N–H and O–H groups in total. The molecule has 4 unspecified atom stereocenters. The predicted octanol–water partition coefficient (Wildman–Crippen LogP) is 2.30. The largest absolute Gasteiger partial charge is 0.493 e. The van der Waals surface area contributed by atoms with Crippen LogP contribution in [-0.2, 0) is 20.9 Å². The number of carbonyl (C=O) groups is 2.